The highest BCUT2D eigenvalue weighted by molar-refractivity contribution is 7.47. The molecule has 4 aliphatic rings. The van der Waals surface area contributed by atoms with Gasteiger partial charge in [0.25, 0.3) is 0 Å². The molecule has 0 amide bonds. The van der Waals surface area contributed by atoms with Gasteiger partial charge in [-0.3, -0.25) is 4.52 Å². The van der Waals surface area contributed by atoms with E-state index >= 15 is 0 Å². The molecule has 0 bridgehead atoms. The zero-order valence-corrected chi connectivity index (χ0v) is 30.7. The number of hydrogen-bond donors (Lipinski definition) is 1. The van der Waals surface area contributed by atoms with Gasteiger partial charge in [-0.2, -0.15) is 0 Å². The van der Waals surface area contributed by atoms with Crippen LogP contribution in [0.4, 0.5) is 0 Å². The van der Waals surface area contributed by atoms with Crippen molar-refractivity contribution in [2.24, 2.45) is 46.3 Å². The molecule has 9 atom stereocenters. The summed E-state index contributed by atoms with van der Waals surface area (Å²) >= 11 is 0. The van der Waals surface area contributed by atoms with Crippen LogP contribution in [0.25, 0.3) is 0 Å². The second kappa shape index (κ2) is 15.3. The number of nitrogens with zero attached hydrogens (tertiary/aromatic N) is 1. The normalized spacial score (nSPS) is 35.9. The summed E-state index contributed by atoms with van der Waals surface area (Å²) in [6.45, 7) is 13.9. The van der Waals surface area contributed by atoms with Gasteiger partial charge in [0, 0.05) is 6.61 Å². The van der Waals surface area contributed by atoms with Crippen LogP contribution >= 0.6 is 7.82 Å². The molecule has 0 aromatic heterocycles. The second-order valence-corrected chi connectivity index (χ2v) is 18.7. The van der Waals surface area contributed by atoms with Crippen LogP contribution in [0.2, 0.25) is 0 Å². The molecular formula is C37H69NO5P+. The Morgan fingerprint density at radius 1 is 0.909 bits per heavy atom. The van der Waals surface area contributed by atoms with Crippen molar-refractivity contribution in [3.8, 4) is 0 Å². The summed E-state index contributed by atoms with van der Waals surface area (Å²) < 4.78 is 29.1. The maximum absolute atomic E-state index is 12.0. The number of ether oxygens (including phenoxy) is 1. The van der Waals surface area contributed by atoms with E-state index in [0.29, 0.717) is 21.4 Å². The molecule has 256 valence electrons. The van der Waals surface area contributed by atoms with E-state index in [1.54, 1.807) is 5.57 Å². The van der Waals surface area contributed by atoms with E-state index < -0.39 is 7.82 Å². The van der Waals surface area contributed by atoms with Crippen LogP contribution in [-0.2, 0) is 18.3 Å². The molecule has 44 heavy (non-hydrogen) atoms. The first-order chi connectivity index (χ1) is 20.6. The minimum atomic E-state index is -3.96. The molecular weight excluding hydrogens is 569 g/mol. The first-order valence-electron chi connectivity index (χ1n) is 18.4. The molecule has 7 heteroatoms. The number of phosphoric ester groups is 1. The second-order valence-electron chi connectivity index (χ2n) is 17.3. The maximum Gasteiger partial charge on any atom is 0.476 e. The van der Waals surface area contributed by atoms with Crippen molar-refractivity contribution in [3.05, 3.63) is 11.6 Å². The molecule has 1 unspecified atom stereocenters. The average Bonchev–Trinajstić information content (AvgIpc) is 3.30. The van der Waals surface area contributed by atoms with Gasteiger partial charge in [0.05, 0.1) is 33.9 Å². The van der Waals surface area contributed by atoms with E-state index in [0.717, 1.165) is 74.2 Å². The van der Waals surface area contributed by atoms with Crippen LogP contribution in [0, 0.1) is 46.3 Å². The smallest absolute Gasteiger partial charge is 0.378 e. The van der Waals surface area contributed by atoms with Crippen molar-refractivity contribution in [1.29, 1.82) is 0 Å². The number of quaternary nitrogens is 1. The van der Waals surface area contributed by atoms with E-state index in [9.17, 15) is 9.46 Å². The summed E-state index contributed by atoms with van der Waals surface area (Å²) in [7, 11) is 1.75. The van der Waals surface area contributed by atoms with Crippen LogP contribution in [0.3, 0.4) is 0 Å². The molecule has 0 aromatic carbocycles. The zero-order valence-electron chi connectivity index (χ0n) is 29.8. The molecule has 1 N–H and O–H groups in total. The van der Waals surface area contributed by atoms with E-state index in [2.05, 4.69) is 40.7 Å². The van der Waals surface area contributed by atoms with Gasteiger partial charge in [-0.1, -0.05) is 78.4 Å². The van der Waals surface area contributed by atoms with Gasteiger partial charge < -0.3 is 14.1 Å². The van der Waals surface area contributed by atoms with Crippen molar-refractivity contribution >= 4 is 7.82 Å². The molecule has 3 fully saturated rings. The molecule has 3 saturated carbocycles. The summed E-state index contributed by atoms with van der Waals surface area (Å²) in [6, 6.07) is 0. The fourth-order valence-corrected chi connectivity index (χ4v) is 11.0. The largest absolute Gasteiger partial charge is 0.476 e. The molecule has 4 aliphatic carbocycles. The van der Waals surface area contributed by atoms with Gasteiger partial charge in [0.15, 0.2) is 6.73 Å². The Kier molecular flexibility index (Phi) is 12.8. The van der Waals surface area contributed by atoms with Crippen molar-refractivity contribution in [1.82, 2.24) is 0 Å². The summed E-state index contributed by atoms with van der Waals surface area (Å²) in [5.41, 5.74) is 2.66. The van der Waals surface area contributed by atoms with Crippen molar-refractivity contribution < 1.29 is 27.7 Å². The highest BCUT2D eigenvalue weighted by Crippen LogP contribution is 2.67. The quantitative estimate of drug-likeness (QED) is 0.0565. The lowest BCUT2D eigenvalue weighted by Gasteiger charge is -2.58. The predicted molar refractivity (Wildman–Crippen MR) is 181 cm³/mol. The molecule has 0 aliphatic heterocycles. The van der Waals surface area contributed by atoms with E-state index in [4.69, 9.17) is 13.8 Å². The Bertz CT molecular complexity index is 993. The summed E-state index contributed by atoms with van der Waals surface area (Å²) in [6.07, 6.45) is 21.8. The SMILES string of the molecule is CC(C)CCC[C@@H](C)[C@H]1CC[C@H]2[C@@H]3CC=C4C[C@@H](OCCCCCCOP(=O)(O)OC[N+](C)(C)C)CC[C@]4(C)[C@H]3CC[C@]12C. The van der Waals surface area contributed by atoms with E-state index in [-0.39, 0.29) is 13.3 Å². The number of unbranched alkanes of at least 4 members (excludes halogenated alkanes) is 3. The Hall–Kier alpha value is -0.230. The first kappa shape index (κ1) is 36.6. The molecule has 0 radical (unpaired) electrons. The highest BCUT2D eigenvalue weighted by atomic mass is 31.2. The third-order valence-corrected chi connectivity index (χ3v) is 13.5. The van der Waals surface area contributed by atoms with Gasteiger partial charge in [0.1, 0.15) is 0 Å². The molecule has 0 heterocycles. The van der Waals surface area contributed by atoms with Crippen LogP contribution < -0.4 is 0 Å². The highest BCUT2D eigenvalue weighted by Gasteiger charge is 2.59. The lowest BCUT2D eigenvalue weighted by molar-refractivity contribution is -0.887. The number of fused-ring (bicyclic) bond motifs is 5. The third-order valence-electron chi connectivity index (χ3n) is 12.5. The maximum atomic E-state index is 12.0. The van der Waals surface area contributed by atoms with Gasteiger partial charge >= 0.3 is 7.82 Å². The molecule has 4 rings (SSSR count). The van der Waals surface area contributed by atoms with Gasteiger partial charge in [-0.15, -0.1) is 0 Å². The summed E-state index contributed by atoms with van der Waals surface area (Å²) in [5, 5.41) is 0. The average molecular weight is 639 g/mol. The third kappa shape index (κ3) is 9.22. The number of rotatable bonds is 17. The summed E-state index contributed by atoms with van der Waals surface area (Å²) in [4.78, 5) is 9.83. The lowest BCUT2D eigenvalue weighted by atomic mass is 9.47. The number of allylic oxidation sites excluding steroid dienone is 1. The standard InChI is InChI=1S/C37H68NO5P/c1-28(2)14-13-15-29(3)33-18-19-34-32-17-16-30-26-31(20-22-36(30,4)35(32)21-23-37(33,34)5)41-24-11-9-10-12-25-42-44(39,40)43-27-38(6,7)8/h16,28-29,31-35H,9-15,17-27H2,1-8H3/p+1/t29-,31+,32+,33-,34+,35+,36+,37-/m1/s1. The molecule has 0 aromatic rings. The Balaban J connectivity index is 1.18. The zero-order chi connectivity index (χ0) is 32.2. The fourth-order valence-electron chi connectivity index (χ4n) is 10.1. The molecule has 6 nitrogen and oxygen atoms in total. The Labute approximate surface area is 271 Å². The minimum Gasteiger partial charge on any atom is -0.378 e. The van der Waals surface area contributed by atoms with Crippen LogP contribution in [0.15, 0.2) is 11.6 Å². The van der Waals surface area contributed by atoms with Crippen LogP contribution in [0.5, 0.6) is 0 Å². The van der Waals surface area contributed by atoms with Crippen molar-refractivity contribution in [2.45, 2.75) is 137 Å². The predicted octanol–water partition coefficient (Wildman–Crippen LogP) is 9.77. The van der Waals surface area contributed by atoms with E-state index in [1.807, 2.05) is 21.1 Å². The Morgan fingerprint density at radius 3 is 2.34 bits per heavy atom. The summed E-state index contributed by atoms with van der Waals surface area (Å²) in [5.74, 6) is 5.32. The van der Waals surface area contributed by atoms with Crippen LogP contribution in [0.1, 0.15) is 131 Å². The monoisotopic (exact) mass is 638 g/mol. The lowest BCUT2D eigenvalue weighted by Crippen LogP contribution is -2.51. The number of hydrogen-bond acceptors (Lipinski definition) is 4. The fraction of sp³-hybridized carbons (Fsp3) is 0.946. The van der Waals surface area contributed by atoms with E-state index in [1.165, 1.54) is 64.2 Å². The van der Waals surface area contributed by atoms with Crippen molar-refractivity contribution in [2.75, 3.05) is 41.1 Å². The van der Waals surface area contributed by atoms with Gasteiger partial charge in [-0.25, -0.2) is 9.09 Å². The topological polar surface area (TPSA) is 65.0 Å². The van der Waals surface area contributed by atoms with Gasteiger partial charge in [-0.05, 0) is 111 Å². The van der Waals surface area contributed by atoms with Gasteiger partial charge in [0.2, 0.25) is 0 Å². The first-order valence-corrected chi connectivity index (χ1v) is 19.9. The number of phosphoric acid groups is 1. The molecule has 0 spiro atoms. The molecule has 0 saturated heterocycles. The van der Waals surface area contributed by atoms with Crippen LogP contribution in [-0.4, -0.2) is 56.6 Å². The minimum absolute atomic E-state index is 0.141. The Morgan fingerprint density at radius 2 is 1.64 bits per heavy atom. The van der Waals surface area contributed by atoms with Crippen molar-refractivity contribution in [3.63, 3.8) is 0 Å².